The van der Waals surface area contributed by atoms with Crippen LogP contribution in [0.15, 0.2) is 18.2 Å². The van der Waals surface area contributed by atoms with Gasteiger partial charge in [0.25, 0.3) is 0 Å². The fraction of sp³-hybridized carbons (Fsp3) is 0.714. The zero-order valence-electron chi connectivity index (χ0n) is 17.1. The molecular formula is C21H34FNO3S. The lowest BCUT2D eigenvalue weighted by atomic mass is 9.82. The summed E-state index contributed by atoms with van der Waals surface area (Å²) in [4.78, 5) is 0. The quantitative estimate of drug-likeness (QED) is 0.608. The van der Waals surface area contributed by atoms with Crippen LogP contribution in [-0.2, 0) is 14.8 Å². The van der Waals surface area contributed by atoms with Gasteiger partial charge in [0.15, 0.2) is 0 Å². The smallest absolute Gasteiger partial charge is 0.211 e. The number of ether oxygens (including phenoxy) is 1. The van der Waals surface area contributed by atoms with Crippen LogP contribution in [0.5, 0.6) is 0 Å². The van der Waals surface area contributed by atoms with E-state index in [1.54, 1.807) is 19.2 Å². The minimum absolute atomic E-state index is 0.00314. The van der Waals surface area contributed by atoms with Gasteiger partial charge in [0.05, 0.1) is 12.4 Å². The second-order valence-electron chi connectivity index (χ2n) is 7.92. The first-order chi connectivity index (χ1) is 12.7. The van der Waals surface area contributed by atoms with Crippen molar-refractivity contribution in [1.29, 1.82) is 0 Å². The highest BCUT2D eigenvalue weighted by atomic mass is 32.2. The van der Waals surface area contributed by atoms with Gasteiger partial charge in [-0.15, -0.1) is 0 Å². The highest BCUT2D eigenvalue weighted by Gasteiger charge is 2.25. The summed E-state index contributed by atoms with van der Waals surface area (Å²) in [5.74, 6) is 0.254. The van der Waals surface area contributed by atoms with E-state index in [4.69, 9.17) is 4.74 Å². The molecule has 6 heteroatoms. The molecule has 1 atom stereocenters. The Balaban J connectivity index is 1.80. The molecule has 0 aliphatic heterocycles. The van der Waals surface area contributed by atoms with Crippen molar-refractivity contribution in [3.8, 4) is 0 Å². The van der Waals surface area contributed by atoms with Crippen molar-refractivity contribution in [2.75, 3.05) is 19.9 Å². The van der Waals surface area contributed by atoms with Gasteiger partial charge in [-0.3, -0.25) is 0 Å². The molecule has 1 fully saturated rings. The maximum absolute atomic E-state index is 13.6. The Kier molecular flexibility index (Phi) is 8.25. The summed E-state index contributed by atoms with van der Waals surface area (Å²) in [6.45, 7) is 4.58. The number of benzene rings is 1. The van der Waals surface area contributed by atoms with E-state index in [-0.39, 0.29) is 18.0 Å². The van der Waals surface area contributed by atoms with Gasteiger partial charge in [0.1, 0.15) is 5.82 Å². The summed E-state index contributed by atoms with van der Waals surface area (Å²) >= 11 is 0. The summed E-state index contributed by atoms with van der Waals surface area (Å²) < 4.78 is 44.8. The Morgan fingerprint density at radius 2 is 1.85 bits per heavy atom. The van der Waals surface area contributed by atoms with Crippen molar-refractivity contribution >= 4 is 10.0 Å². The average Bonchev–Trinajstić information content (AvgIpc) is 2.59. The van der Waals surface area contributed by atoms with E-state index in [9.17, 15) is 12.8 Å². The normalized spacial score (nSPS) is 22.1. The van der Waals surface area contributed by atoms with Crippen LogP contribution in [0.4, 0.5) is 4.39 Å². The van der Waals surface area contributed by atoms with E-state index >= 15 is 0 Å². The number of hydrogen-bond donors (Lipinski definition) is 0. The van der Waals surface area contributed by atoms with E-state index in [0.717, 1.165) is 56.1 Å². The van der Waals surface area contributed by atoms with E-state index < -0.39 is 10.0 Å². The second-order valence-corrected chi connectivity index (χ2v) is 9.96. The number of nitrogens with zero attached hydrogens (tertiary/aromatic N) is 1. The van der Waals surface area contributed by atoms with E-state index in [0.29, 0.717) is 12.5 Å². The molecule has 0 spiro atoms. The van der Waals surface area contributed by atoms with Gasteiger partial charge in [-0.25, -0.2) is 17.1 Å². The van der Waals surface area contributed by atoms with Gasteiger partial charge in [-0.1, -0.05) is 19.4 Å². The molecule has 27 heavy (non-hydrogen) atoms. The van der Waals surface area contributed by atoms with Crippen LogP contribution < -0.4 is 0 Å². The molecule has 0 amide bonds. The summed E-state index contributed by atoms with van der Waals surface area (Å²) in [5, 5.41) is 0. The molecule has 154 valence electrons. The van der Waals surface area contributed by atoms with Gasteiger partial charge in [-0.05, 0) is 74.6 Å². The molecule has 1 aromatic carbocycles. The first kappa shape index (κ1) is 22.3. The number of halogens is 1. The maximum atomic E-state index is 13.6. The number of rotatable bonds is 9. The van der Waals surface area contributed by atoms with Gasteiger partial charge >= 0.3 is 0 Å². The minimum Gasteiger partial charge on any atom is -0.378 e. The highest BCUT2D eigenvalue weighted by Crippen LogP contribution is 2.34. The van der Waals surface area contributed by atoms with Crippen molar-refractivity contribution in [2.24, 2.45) is 0 Å². The van der Waals surface area contributed by atoms with Crippen LogP contribution in [0.2, 0.25) is 0 Å². The highest BCUT2D eigenvalue weighted by molar-refractivity contribution is 7.88. The molecule has 1 saturated carbocycles. The molecule has 0 saturated heterocycles. The predicted molar refractivity (Wildman–Crippen MR) is 108 cm³/mol. The van der Waals surface area contributed by atoms with Crippen molar-refractivity contribution in [3.63, 3.8) is 0 Å². The lowest BCUT2D eigenvalue weighted by molar-refractivity contribution is 0.0170. The fourth-order valence-electron chi connectivity index (χ4n) is 4.05. The zero-order valence-corrected chi connectivity index (χ0v) is 17.9. The van der Waals surface area contributed by atoms with Crippen LogP contribution >= 0.6 is 0 Å². The third kappa shape index (κ3) is 6.84. The molecule has 1 aliphatic rings. The summed E-state index contributed by atoms with van der Waals surface area (Å²) in [6, 6.07) is 5.32. The zero-order chi connectivity index (χ0) is 20.0. The van der Waals surface area contributed by atoms with E-state index in [2.05, 4.69) is 13.0 Å². The summed E-state index contributed by atoms with van der Waals surface area (Å²) in [6.07, 6.45) is 7.96. The molecular weight excluding hydrogens is 365 g/mol. The minimum atomic E-state index is -3.18. The van der Waals surface area contributed by atoms with Gasteiger partial charge in [0, 0.05) is 19.7 Å². The fourth-order valence-corrected chi connectivity index (χ4v) is 4.80. The Morgan fingerprint density at radius 3 is 2.41 bits per heavy atom. The van der Waals surface area contributed by atoms with Gasteiger partial charge in [-0.2, -0.15) is 0 Å². The van der Waals surface area contributed by atoms with Crippen LogP contribution in [-0.4, -0.2) is 44.8 Å². The molecule has 0 bridgehead atoms. The third-order valence-corrected chi connectivity index (χ3v) is 7.02. The number of aryl methyl sites for hydroxylation is 1. The van der Waals surface area contributed by atoms with Crippen molar-refractivity contribution in [3.05, 3.63) is 35.1 Å². The van der Waals surface area contributed by atoms with E-state index in [1.807, 2.05) is 6.92 Å². The lowest BCUT2D eigenvalue weighted by Gasteiger charge is -2.30. The molecule has 0 heterocycles. The topological polar surface area (TPSA) is 46.6 Å². The standard InChI is InChI=1S/C21H34FNO3S/c1-5-6-20(23(3)27(4,24)25)11-12-26-21-9-7-17(8-10-21)18-13-16(2)14-19(22)15-18/h13-15,17,20-21H,5-12H2,1-4H3/t17?,20-,21?/m0/s1. The molecule has 1 aromatic rings. The van der Waals surface area contributed by atoms with Crippen LogP contribution in [0.25, 0.3) is 0 Å². The van der Waals surface area contributed by atoms with Crippen LogP contribution in [0.1, 0.15) is 68.9 Å². The van der Waals surface area contributed by atoms with Crippen molar-refractivity contribution < 1.29 is 17.5 Å². The largest absolute Gasteiger partial charge is 0.378 e. The van der Waals surface area contributed by atoms with Crippen LogP contribution in [0.3, 0.4) is 0 Å². The Bertz CT molecular complexity index is 679. The molecule has 1 aliphatic carbocycles. The average molecular weight is 400 g/mol. The number of hydrogen-bond acceptors (Lipinski definition) is 3. The first-order valence-electron chi connectivity index (χ1n) is 10.0. The molecule has 0 N–H and O–H groups in total. The molecule has 0 unspecified atom stereocenters. The Labute approximate surface area is 164 Å². The second kappa shape index (κ2) is 9.99. The van der Waals surface area contributed by atoms with Gasteiger partial charge in [0.2, 0.25) is 10.0 Å². The van der Waals surface area contributed by atoms with Crippen LogP contribution in [0, 0.1) is 12.7 Å². The van der Waals surface area contributed by atoms with Crippen molar-refractivity contribution in [2.45, 2.75) is 76.9 Å². The lowest BCUT2D eigenvalue weighted by Crippen LogP contribution is -2.37. The summed E-state index contributed by atoms with van der Waals surface area (Å²) in [7, 11) is -1.52. The predicted octanol–water partition coefficient (Wildman–Crippen LogP) is 4.63. The first-order valence-corrected chi connectivity index (χ1v) is 11.9. The number of sulfonamides is 1. The molecule has 4 nitrogen and oxygen atoms in total. The molecule has 0 aromatic heterocycles. The van der Waals surface area contributed by atoms with Gasteiger partial charge < -0.3 is 4.74 Å². The maximum Gasteiger partial charge on any atom is 0.211 e. The molecule has 0 radical (unpaired) electrons. The van der Waals surface area contributed by atoms with Crippen molar-refractivity contribution in [1.82, 2.24) is 4.31 Å². The summed E-state index contributed by atoms with van der Waals surface area (Å²) in [5.41, 5.74) is 2.07. The van der Waals surface area contributed by atoms with E-state index in [1.165, 1.54) is 10.6 Å². The Hall–Kier alpha value is -0.980. The monoisotopic (exact) mass is 399 g/mol. The SMILES string of the molecule is CCC[C@@H](CCOC1CCC(c2cc(C)cc(F)c2)CC1)N(C)S(C)(=O)=O. The Morgan fingerprint density at radius 1 is 1.19 bits per heavy atom. The molecule has 2 rings (SSSR count). The third-order valence-electron chi connectivity index (χ3n) is 5.67.